The van der Waals surface area contributed by atoms with Gasteiger partial charge >= 0.3 is 0 Å². The Morgan fingerprint density at radius 1 is 1.19 bits per heavy atom. The SMILES string of the molecule is COc1ccc(CCN2CC(C(=O)N3CCCCC3CNS(C)(=O)=O)CC2=O)cc1OC. The summed E-state index contributed by atoms with van der Waals surface area (Å²) in [6.07, 6.45) is 4.59. The Morgan fingerprint density at radius 3 is 2.62 bits per heavy atom. The first-order chi connectivity index (χ1) is 15.2. The third-order valence-electron chi connectivity index (χ3n) is 6.17. The van der Waals surface area contributed by atoms with Crippen molar-refractivity contribution < 1.29 is 27.5 Å². The molecule has 2 fully saturated rings. The van der Waals surface area contributed by atoms with E-state index in [2.05, 4.69) is 4.72 Å². The van der Waals surface area contributed by atoms with Crippen molar-refractivity contribution in [2.24, 2.45) is 5.92 Å². The summed E-state index contributed by atoms with van der Waals surface area (Å²) in [7, 11) is -0.150. The lowest BCUT2D eigenvalue weighted by Gasteiger charge is -2.37. The summed E-state index contributed by atoms with van der Waals surface area (Å²) in [4.78, 5) is 29.3. The molecule has 0 spiro atoms. The molecule has 2 heterocycles. The summed E-state index contributed by atoms with van der Waals surface area (Å²) in [5, 5.41) is 0. The first-order valence-corrected chi connectivity index (χ1v) is 12.8. The van der Waals surface area contributed by atoms with E-state index in [0.717, 1.165) is 31.1 Å². The zero-order valence-corrected chi connectivity index (χ0v) is 19.8. The quantitative estimate of drug-likeness (QED) is 0.582. The number of sulfonamides is 1. The summed E-state index contributed by atoms with van der Waals surface area (Å²) >= 11 is 0. The van der Waals surface area contributed by atoms with Gasteiger partial charge in [0.2, 0.25) is 21.8 Å². The van der Waals surface area contributed by atoms with Crippen molar-refractivity contribution in [2.75, 3.05) is 46.7 Å². The maximum atomic E-state index is 13.2. The second kappa shape index (κ2) is 10.5. The number of carbonyl (C=O) groups excluding carboxylic acids is 2. The minimum atomic E-state index is -3.32. The Hall–Kier alpha value is -2.33. The molecule has 0 bridgehead atoms. The third-order valence-corrected chi connectivity index (χ3v) is 6.86. The molecular weight excluding hydrogens is 434 g/mol. The van der Waals surface area contributed by atoms with E-state index in [-0.39, 0.29) is 36.7 Å². The third kappa shape index (κ3) is 6.13. The van der Waals surface area contributed by atoms with E-state index >= 15 is 0 Å². The van der Waals surface area contributed by atoms with Gasteiger partial charge in [-0.3, -0.25) is 9.59 Å². The van der Waals surface area contributed by atoms with Gasteiger partial charge in [-0.25, -0.2) is 13.1 Å². The zero-order chi connectivity index (χ0) is 23.3. The van der Waals surface area contributed by atoms with E-state index in [1.807, 2.05) is 18.2 Å². The van der Waals surface area contributed by atoms with Crippen LogP contribution in [-0.2, 0) is 26.0 Å². The van der Waals surface area contributed by atoms with Gasteiger partial charge < -0.3 is 19.3 Å². The highest BCUT2D eigenvalue weighted by molar-refractivity contribution is 7.88. The lowest BCUT2D eigenvalue weighted by atomic mass is 9.98. The standard InChI is InChI=1S/C22H33N3O6S/c1-30-19-8-7-16(12-20(19)31-2)9-11-24-15-17(13-21(24)26)22(27)25-10-5-4-6-18(25)14-23-32(3,28)29/h7-8,12,17-18,23H,4-6,9-11,13-15H2,1-3H3. The minimum absolute atomic E-state index is 0.0216. The molecule has 3 rings (SSSR count). The van der Waals surface area contributed by atoms with Gasteiger partial charge in [0, 0.05) is 38.6 Å². The average Bonchev–Trinajstić information content (AvgIpc) is 3.15. The Balaban J connectivity index is 1.58. The van der Waals surface area contributed by atoms with Crippen LogP contribution in [0.25, 0.3) is 0 Å². The van der Waals surface area contributed by atoms with Crippen LogP contribution in [-0.4, -0.2) is 82.7 Å². The second-order valence-corrected chi connectivity index (χ2v) is 10.3. The smallest absolute Gasteiger partial charge is 0.228 e. The van der Waals surface area contributed by atoms with Gasteiger partial charge in [0.05, 0.1) is 26.4 Å². The van der Waals surface area contributed by atoms with Crippen molar-refractivity contribution in [3.05, 3.63) is 23.8 Å². The minimum Gasteiger partial charge on any atom is -0.493 e. The van der Waals surface area contributed by atoms with E-state index in [1.165, 1.54) is 0 Å². The first kappa shape index (κ1) is 24.3. The van der Waals surface area contributed by atoms with Gasteiger partial charge in [0.1, 0.15) is 0 Å². The topological polar surface area (TPSA) is 105 Å². The van der Waals surface area contributed by atoms with Crippen molar-refractivity contribution in [3.8, 4) is 11.5 Å². The predicted molar refractivity (Wildman–Crippen MR) is 120 cm³/mol. The number of ether oxygens (including phenoxy) is 2. The monoisotopic (exact) mass is 467 g/mol. The normalized spacial score (nSPS) is 21.7. The van der Waals surface area contributed by atoms with E-state index in [9.17, 15) is 18.0 Å². The molecule has 32 heavy (non-hydrogen) atoms. The largest absolute Gasteiger partial charge is 0.493 e. The van der Waals surface area contributed by atoms with Crippen LogP contribution in [0.2, 0.25) is 0 Å². The van der Waals surface area contributed by atoms with Crippen molar-refractivity contribution in [1.29, 1.82) is 0 Å². The lowest BCUT2D eigenvalue weighted by Crippen LogP contribution is -2.51. The molecule has 2 unspecified atom stereocenters. The van der Waals surface area contributed by atoms with Crippen LogP contribution in [0.5, 0.6) is 11.5 Å². The van der Waals surface area contributed by atoms with Crippen LogP contribution in [0.4, 0.5) is 0 Å². The maximum absolute atomic E-state index is 13.2. The number of likely N-dealkylation sites (tertiary alicyclic amines) is 2. The number of amides is 2. The van der Waals surface area contributed by atoms with Crippen LogP contribution in [0.3, 0.4) is 0 Å². The first-order valence-electron chi connectivity index (χ1n) is 11.0. The highest BCUT2D eigenvalue weighted by Crippen LogP contribution is 2.29. The van der Waals surface area contributed by atoms with Crippen LogP contribution in [0.15, 0.2) is 18.2 Å². The Morgan fingerprint density at radius 2 is 1.94 bits per heavy atom. The molecule has 10 heteroatoms. The summed E-state index contributed by atoms with van der Waals surface area (Å²) in [6.45, 7) is 1.74. The molecule has 2 aliphatic heterocycles. The highest BCUT2D eigenvalue weighted by atomic mass is 32.2. The van der Waals surface area contributed by atoms with Crippen LogP contribution in [0.1, 0.15) is 31.2 Å². The van der Waals surface area contributed by atoms with Gasteiger partial charge in [0.15, 0.2) is 11.5 Å². The molecule has 0 saturated carbocycles. The summed E-state index contributed by atoms with van der Waals surface area (Å²) in [5.74, 6) is 0.843. The van der Waals surface area contributed by atoms with Crippen molar-refractivity contribution in [3.63, 3.8) is 0 Å². The summed E-state index contributed by atoms with van der Waals surface area (Å²) in [5.41, 5.74) is 1.02. The molecule has 2 saturated heterocycles. The fourth-order valence-corrected chi connectivity index (χ4v) is 4.93. The number of rotatable bonds is 9. The number of benzene rings is 1. The lowest BCUT2D eigenvalue weighted by molar-refractivity contribution is -0.139. The van der Waals surface area contributed by atoms with Crippen LogP contribution in [0, 0.1) is 5.92 Å². The van der Waals surface area contributed by atoms with Gasteiger partial charge in [-0.1, -0.05) is 6.07 Å². The van der Waals surface area contributed by atoms with Gasteiger partial charge in [0.25, 0.3) is 0 Å². The molecule has 0 radical (unpaired) electrons. The highest BCUT2D eigenvalue weighted by Gasteiger charge is 2.38. The summed E-state index contributed by atoms with van der Waals surface area (Å²) in [6, 6.07) is 5.52. The fourth-order valence-electron chi connectivity index (χ4n) is 4.44. The van der Waals surface area contributed by atoms with Crippen molar-refractivity contribution >= 4 is 21.8 Å². The summed E-state index contributed by atoms with van der Waals surface area (Å²) < 4.78 is 36.1. The van der Waals surface area contributed by atoms with Crippen molar-refractivity contribution in [2.45, 2.75) is 38.1 Å². The maximum Gasteiger partial charge on any atom is 0.228 e. The molecule has 9 nitrogen and oxygen atoms in total. The molecule has 1 aromatic carbocycles. The number of nitrogens with zero attached hydrogens (tertiary/aromatic N) is 2. The van der Waals surface area contributed by atoms with Gasteiger partial charge in [-0.05, 0) is 43.4 Å². The second-order valence-electron chi connectivity index (χ2n) is 8.48. The number of methoxy groups -OCH3 is 2. The molecule has 178 valence electrons. The zero-order valence-electron chi connectivity index (χ0n) is 19.0. The molecule has 2 atom stereocenters. The number of carbonyl (C=O) groups is 2. The Labute approximate surface area is 190 Å². The van der Waals surface area contributed by atoms with E-state index in [1.54, 1.807) is 24.0 Å². The van der Waals surface area contributed by atoms with Crippen LogP contribution >= 0.6 is 0 Å². The predicted octanol–water partition coefficient (Wildman–Crippen LogP) is 1.03. The van der Waals surface area contributed by atoms with Crippen LogP contribution < -0.4 is 14.2 Å². The Bertz CT molecular complexity index is 936. The van der Waals surface area contributed by atoms with E-state index in [0.29, 0.717) is 37.6 Å². The number of hydrogen-bond donors (Lipinski definition) is 1. The molecule has 2 amide bonds. The number of hydrogen-bond acceptors (Lipinski definition) is 6. The average molecular weight is 468 g/mol. The molecular formula is C22H33N3O6S. The molecule has 0 aliphatic carbocycles. The number of nitrogens with one attached hydrogen (secondary N) is 1. The van der Waals surface area contributed by atoms with E-state index in [4.69, 9.17) is 9.47 Å². The molecule has 0 aromatic heterocycles. The molecule has 1 aromatic rings. The molecule has 2 aliphatic rings. The number of piperidine rings is 1. The van der Waals surface area contributed by atoms with Gasteiger partial charge in [-0.15, -0.1) is 0 Å². The fraction of sp³-hybridized carbons (Fsp3) is 0.636. The Kier molecular flexibility index (Phi) is 8.00. The van der Waals surface area contributed by atoms with E-state index < -0.39 is 10.0 Å². The van der Waals surface area contributed by atoms with Gasteiger partial charge in [-0.2, -0.15) is 0 Å². The van der Waals surface area contributed by atoms with Crippen molar-refractivity contribution in [1.82, 2.24) is 14.5 Å². The molecule has 1 N–H and O–H groups in total.